The predicted octanol–water partition coefficient (Wildman–Crippen LogP) is 4.65. The zero-order chi connectivity index (χ0) is 21.8. The standard InChI is InChI=1S/C23H21ClN4O2S/c1-16-6-8-17(9-7-16)22-27-21-5-3-2-4-20(21)23(28-22)25-14-15-26-31(29,30)19-12-10-18(24)11-13-19/h2-13,26H,14-15H2,1H3,(H,25,27,28). The van der Waals surface area contributed by atoms with Gasteiger partial charge in [-0.15, -0.1) is 0 Å². The van der Waals surface area contributed by atoms with E-state index in [9.17, 15) is 8.42 Å². The van der Waals surface area contributed by atoms with Crippen molar-refractivity contribution in [2.24, 2.45) is 0 Å². The molecule has 2 N–H and O–H groups in total. The summed E-state index contributed by atoms with van der Waals surface area (Å²) in [5.41, 5.74) is 2.90. The van der Waals surface area contributed by atoms with E-state index in [1.807, 2.05) is 55.5 Å². The van der Waals surface area contributed by atoms with Gasteiger partial charge in [-0.05, 0) is 43.3 Å². The summed E-state index contributed by atoms with van der Waals surface area (Å²) in [6.45, 7) is 2.59. The average molecular weight is 453 g/mol. The van der Waals surface area contributed by atoms with Gasteiger partial charge in [-0.25, -0.2) is 23.1 Å². The first-order valence-electron chi connectivity index (χ1n) is 9.75. The molecule has 4 aromatic rings. The zero-order valence-electron chi connectivity index (χ0n) is 16.8. The molecular weight excluding hydrogens is 432 g/mol. The molecule has 6 nitrogen and oxygen atoms in total. The second-order valence-electron chi connectivity index (χ2n) is 7.06. The molecule has 1 aromatic heterocycles. The van der Waals surface area contributed by atoms with Crippen LogP contribution in [0.15, 0.2) is 77.7 Å². The fraction of sp³-hybridized carbons (Fsp3) is 0.130. The monoisotopic (exact) mass is 452 g/mol. The molecule has 0 unspecified atom stereocenters. The highest BCUT2D eigenvalue weighted by Gasteiger charge is 2.13. The van der Waals surface area contributed by atoms with Crippen LogP contribution in [-0.4, -0.2) is 31.5 Å². The first kappa shape index (κ1) is 21.2. The number of aromatic nitrogens is 2. The van der Waals surface area contributed by atoms with Gasteiger partial charge in [0, 0.05) is 29.1 Å². The Bertz CT molecular complexity index is 1310. The number of sulfonamides is 1. The van der Waals surface area contributed by atoms with Crippen LogP contribution >= 0.6 is 11.6 Å². The maximum absolute atomic E-state index is 12.4. The number of para-hydroxylation sites is 1. The first-order valence-corrected chi connectivity index (χ1v) is 11.6. The molecule has 0 atom stereocenters. The van der Waals surface area contributed by atoms with Crippen LogP contribution in [0.25, 0.3) is 22.3 Å². The number of hydrogen-bond acceptors (Lipinski definition) is 5. The molecular formula is C23H21ClN4O2S. The van der Waals surface area contributed by atoms with Gasteiger partial charge in [0.2, 0.25) is 10.0 Å². The van der Waals surface area contributed by atoms with Crippen LogP contribution in [0.3, 0.4) is 0 Å². The molecule has 0 aliphatic rings. The Balaban J connectivity index is 1.51. The van der Waals surface area contributed by atoms with Gasteiger partial charge in [0.25, 0.3) is 0 Å². The molecule has 0 fully saturated rings. The van der Waals surface area contributed by atoms with Crippen molar-refractivity contribution in [3.05, 3.63) is 83.4 Å². The predicted molar refractivity (Wildman–Crippen MR) is 125 cm³/mol. The van der Waals surface area contributed by atoms with Crippen molar-refractivity contribution in [2.75, 3.05) is 18.4 Å². The Labute approximate surface area is 186 Å². The number of rotatable bonds is 7. The van der Waals surface area contributed by atoms with Crippen LogP contribution in [0.2, 0.25) is 5.02 Å². The van der Waals surface area contributed by atoms with Gasteiger partial charge in [0.15, 0.2) is 5.82 Å². The summed E-state index contributed by atoms with van der Waals surface area (Å²) in [6, 6.07) is 21.8. The topological polar surface area (TPSA) is 84.0 Å². The molecule has 0 spiro atoms. The minimum atomic E-state index is -3.61. The lowest BCUT2D eigenvalue weighted by Crippen LogP contribution is -2.29. The highest BCUT2D eigenvalue weighted by molar-refractivity contribution is 7.89. The summed E-state index contributed by atoms with van der Waals surface area (Å²) in [7, 11) is -3.61. The van der Waals surface area contributed by atoms with Crippen molar-refractivity contribution in [1.82, 2.24) is 14.7 Å². The molecule has 8 heteroatoms. The fourth-order valence-corrected chi connectivity index (χ4v) is 4.26. The van der Waals surface area contributed by atoms with E-state index in [2.05, 4.69) is 20.0 Å². The van der Waals surface area contributed by atoms with Crippen molar-refractivity contribution in [3.8, 4) is 11.4 Å². The SMILES string of the molecule is Cc1ccc(-c2nc(NCCNS(=O)(=O)c3ccc(Cl)cc3)c3ccccc3n2)cc1. The van der Waals surface area contributed by atoms with Gasteiger partial charge in [-0.3, -0.25) is 0 Å². The second-order valence-corrected chi connectivity index (χ2v) is 9.26. The third kappa shape index (κ3) is 5.02. The molecule has 0 saturated heterocycles. The molecule has 0 radical (unpaired) electrons. The van der Waals surface area contributed by atoms with Crippen LogP contribution < -0.4 is 10.0 Å². The maximum atomic E-state index is 12.4. The quantitative estimate of drug-likeness (QED) is 0.399. The van der Waals surface area contributed by atoms with Gasteiger partial charge in [-0.2, -0.15) is 0 Å². The number of halogens is 1. The van der Waals surface area contributed by atoms with Crippen LogP contribution in [0.1, 0.15) is 5.56 Å². The van der Waals surface area contributed by atoms with E-state index in [0.29, 0.717) is 23.2 Å². The van der Waals surface area contributed by atoms with Crippen LogP contribution in [0.5, 0.6) is 0 Å². The van der Waals surface area contributed by atoms with Crippen molar-refractivity contribution in [1.29, 1.82) is 0 Å². The van der Waals surface area contributed by atoms with E-state index in [4.69, 9.17) is 11.6 Å². The molecule has 31 heavy (non-hydrogen) atoms. The van der Waals surface area contributed by atoms with E-state index >= 15 is 0 Å². The van der Waals surface area contributed by atoms with Crippen molar-refractivity contribution in [2.45, 2.75) is 11.8 Å². The summed E-state index contributed by atoms with van der Waals surface area (Å²) in [5.74, 6) is 1.27. The molecule has 0 bridgehead atoms. The number of nitrogens with zero attached hydrogens (tertiary/aromatic N) is 2. The molecule has 1 heterocycles. The van der Waals surface area contributed by atoms with Gasteiger partial charge in [0.05, 0.1) is 10.4 Å². The zero-order valence-corrected chi connectivity index (χ0v) is 18.4. The number of fused-ring (bicyclic) bond motifs is 1. The van der Waals surface area contributed by atoms with Gasteiger partial charge in [-0.1, -0.05) is 53.6 Å². The highest BCUT2D eigenvalue weighted by Crippen LogP contribution is 2.25. The molecule has 158 valence electrons. The Morgan fingerprint density at radius 3 is 2.32 bits per heavy atom. The normalized spacial score (nSPS) is 11.5. The number of nitrogens with one attached hydrogen (secondary N) is 2. The molecule has 0 saturated carbocycles. The Morgan fingerprint density at radius 1 is 0.871 bits per heavy atom. The minimum Gasteiger partial charge on any atom is -0.368 e. The van der Waals surface area contributed by atoms with E-state index in [0.717, 1.165) is 22.0 Å². The van der Waals surface area contributed by atoms with E-state index < -0.39 is 10.0 Å². The highest BCUT2D eigenvalue weighted by atomic mass is 35.5. The molecule has 0 aliphatic heterocycles. The van der Waals surface area contributed by atoms with Crippen LogP contribution in [-0.2, 0) is 10.0 Å². The molecule has 0 amide bonds. The average Bonchev–Trinajstić information content (AvgIpc) is 2.77. The van der Waals surface area contributed by atoms with Crippen LogP contribution in [0.4, 0.5) is 5.82 Å². The summed E-state index contributed by atoms with van der Waals surface area (Å²) < 4.78 is 27.4. The Morgan fingerprint density at radius 2 is 1.58 bits per heavy atom. The third-order valence-corrected chi connectivity index (χ3v) is 6.48. The van der Waals surface area contributed by atoms with Crippen molar-refractivity contribution < 1.29 is 8.42 Å². The Hall–Kier alpha value is -3.00. The molecule has 4 rings (SSSR count). The second kappa shape index (κ2) is 9.01. The van der Waals surface area contributed by atoms with Gasteiger partial charge in [0.1, 0.15) is 5.82 Å². The van der Waals surface area contributed by atoms with Crippen LogP contribution in [0, 0.1) is 6.92 Å². The van der Waals surface area contributed by atoms with E-state index in [1.54, 1.807) is 12.1 Å². The third-order valence-electron chi connectivity index (χ3n) is 4.75. The lowest BCUT2D eigenvalue weighted by Gasteiger charge is -2.12. The fourth-order valence-electron chi connectivity index (χ4n) is 3.11. The van der Waals surface area contributed by atoms with Gasteiger partial charge >= 0.3 is 0 Å². The number of hydrogen-bond donors (Lipinski definition) is 2. The minimum absolute atomic E-state index is 0.172. The van der Waals surface area contributed by atoms with Gasteiger partial charge < -0.3 is 5.32 Å². The summed E-state index contributed by atoms with van der Waals surface area (Å²) in [4.78, 5) is 9.54. The number of anilines is 1. The lowest BCUT2D eigenvalue weighted by molar-refractivity contribution is 0.583. The lowest BCUT2D eigenvalue weighted by atomic mass is 10.1. The smallest absolute Gasteiger partial charge is 0.240 e. The largest absolute Gasteiger partial charge is 0.368 e. The Kier molecular flexibility index (Phi) is 6.18. The number of benzene rings is 3. The number of aryl methyl sites for hydroxylation is 1. The van der Waals surface area contributed by atoms with E-state index in [-0.39, 0.29) is 11.4 Å². The first-order chi connectivity index (χ1) is 14.9. The summed E-state index contributed by atoms with van der Waals surface area (Å²) in [6.07, 6.45) is 0. The summed E-state index contributed by atoms with van der Waals surface area (Å²) >= 11 is 5.83. The molecule has 3 aromatic carbocycles. The maximum Gasteiger partial charge on any atom is 0.240 e. The van der Waals surface area contributed by atoms with Crippen molar-refractivity contribution in [3.63, 3.8) is 0 Å². The molecule has 0 aliphatic carbocycles. The van der Waals surface area contributed by atoms with E-state index in [1.165, 1.54) is 12.1 Å². The van der Waals surface area contributed by atoms with Crippen molar-refractivity contribution >= 4 is 38.3 Å². The summed E-state index contributed by atoms with van der Waals surface area (Å²) in [5, 5.41) is 4.60.